The Balaban J connectivity index is 2.22. The lowest BCUT2D eigenvalue weighted by Crippen LogP contribution is -2.19. The average Bonchev–Trinajstić information content (AvgIpc) is 2.38. The van der Waals surface area contributed by atoms with Gasteiger partial charge in [-0.05, 0) is 23.3 Å². The molecule has 78 valence electrons. The maximum absolute atomic E-state index is 8.96. The van der Waals surface area contributed by atoms with E-state index in [1.54, 1.807) is 0 Å². The largest absolute Gasteiger partial charge is 0.492 e. The molecule has 0 aliphatic carbocycles. The number of hydrogen-bond acceptors (Lipinski definition) is 2. The summed E-state index contributed by atoms with van der Waals surface area (Å²) in [6.07, 6.45) is 0.799. The molecule has 2 heteroatoms. The Morgan fingerprint density at radius 3 is 2.94 bits per heavy atom. The molecule has 0 N–H and O–H groups in total. The second-order valence-corrected chi connectivity index (χ2v) is 4.10. The predicted molar refractivity (Wildman–Crippen MR) is 62.3 cm³/mol. The van der Waals surface area contributed by atoms with Crippen LogP contribution in [0.25, 0.3) is 10.8 Å². The lowest BCUT2D eigenvalue weighted by Gasteiger charge is -2.22. The first-order valence-corrected chi connectivity index (χ1v) is 5.41. The summed E-state index contributed by atoms with van der Waals surface area (Å²) in [5.41, 5.74) is 1.18. The number of hydrogen-bond donors (Lipinski definition) is 0. The lowest BCUT2D eigenvalue weighted by molar-refractivity contribution is 0.254. The van der Waals surface area contributed by atoms with Crippen LogP contribution in [0.1, 0.15) is 5.56 Å². The van der Waals surface area contributed by atoms with Crippen molar-refractivity contribution in [1.29, 1.82) is 5.26 Å². The number of nitrogens with zero attached hydrogens (tertiary/aromatic N) is 1. The summed E-state index contributed by atoms with van der Waals surface area (Å²) in [6, 6.07) is 14.6. The van der Waals surface area contributed by atoms with Crippen molar-refractivity contribution in [3.05, 3.63) is 42.0 Å². The van der Waals surface area contributed by atoms with Crippen LogP contribution in [0.5, 0.6) is 5.75 Å². The molecule has 1 atom stereocenters. The highest BCUT2D eigenvalue weighted by atomic mass is 16.5. The third kappa shape index (κ3) is 1.33. The van der Waals surface area contributed by atoms with Gasteiger partial charge in [0, 0.05) is 5.56 Å². The molecule has 1 aliphatic rings. The molecule has 0 fully saturated rings. The molecule has 0 spiro atoms. The van der Waals surface area contributed by atoms with E-state index in [9.17, 15) is 0 Å². The van der Waals surface area contributed by atoms with Gasteiger partial charge in [0.2, 0.25) is 0 Å². The summed E-state index contributed by atoms with van der Waals surface area (Å²) in [5, 5.41) is 11.4. The summed E-state index contributed by atoms with van der Waals surface area (Å²) in [4.78, 5) is 0. The molecular weight excluding hydrogens is 198 g/mol. The van der Waals surface area contributed by atoms with Gasteiger partial charge in [-0.1, -0.05) is 30.3 Å². The van der Waals surface area contributed by atoms with Gasteiger partial charge in [-0.2, -0.15) is 5.26 Å². The minimum Gasteiger partial charge on any atom is -0.492 e. The predicted octanol–water partition coefficient (Wildman–Crippen LogP) is 2.91. The van der Waals surface area contributed by atoms with Crippen LogP contribution in [0.3, 0.4) is 0 Å². The quantitative estimate of drug-likeness (QED) is 0.668. The Hall–Kier alpha value is -2.01. The standard InChI is InChI=1S/C14H11NO/c15-8-10-7-13-12-4-2-1-3-11(12)5-6-14(13)16-9-10/h1-6,10H,7,9H2. The van der Waals surface area contributed by atoms with E-state index >= 15 is 0 Å². The number of fused-ring (bicyclic) bond motifs is 3. The zero-order valence-corrected chi connectivity index (χ0v) is 8.81. The van der Waals surface area contributed by atoms with E-state index < -0.39 is 0 Å². The van der Waals surface area contributed by atoms with Gasteiger partial charge in [0.25, 0.3) is 0 Å². The van der Waals surface area contributed by atoms with Gasteiger partial charge in [-0.25, -0.2) is 0 Å². The van der Waals surface area contributed by atoms with Crippen molar-refractivity contribution in [3.63, 3.8) is 0 Å². The molecule has 16 heavy (non-hydrogen) atoms. The number of ether oxygens (including phenoxy) is 1. The van der Waals surface area contributed by atoms with E-state index in [0.29, 0.717) is 6.61 Å². The Bertz CT molecular complexity index is 583. The molecule has 0 amide bonds. The summed E-state index contributed by atoms with van der Waals surface area (Å²) < 4.78 is 5.61. The molecule has 0 saturated carbocycles. The minimum absolute atomic E-state index is 0.0155. The van der Waals surface area contributed by atoms with Gasteiger partial charge in [-0.15, -0.1) is 0 Å². The van der Waals surface area contributed by atoms with E-state index in [-0.39, 0.29) is 5.92 Å². The van der Waals surface area contributed by atoms with Crippen LogP contribution in [0.4, 0.5) is 0 Å². The van der Waals surface area contributed by atoms with Crippen molar-refractivity contribution in [2.75, 3.05) is 6.61 Å². The van der Waals surface area contributed by atoms with Crippen LogP contribution in [0.15, 0.2) is 36.4 Å². The smallest absolute Gasteiger partial charge is 0.123 e. The number of benzene rings is 2. The monoisotopic (exact) mass is 209 g/mol. The van der Waals surface area contributed by atoms with E-state index in [2.05, 4.69) is 24.3 Å². The third-order valence-electron chi connectivity index (χ3n) is 3.07. The Kier molecular flexibility index (Phi) is 2.04. The number of nitriles is 1. The fraction of sp³-hybridized carbons (Fsp3) is 0.214. The molecule has 0 aromatic heterocycles. The first-order valence-electron chi connectivity index (χ1n) is 5.41. The highest BCUT2D eigenvalue weighted by molar-refractivity contribution is 5.88. The number of rotatable bonds is 0. The maximum atomic E-state index is 8.96. The van der Waals surface area contributed by atoms with Crippen molar-refractivity contribution < 1.29 is 4.74 Å². The molecule has 0 bridgehead atoms. The van der Waals surface area contributed by atoms with Gasteiger partial charge in [-0.3, -0.25) is 0 Å². The van der Waals surface area contributed by atoms with Crippen LogP contribution >= 0.6 is 0 Å². The Labute approximate surface area is 94.1 Å². The van der Waals surface area contributed by atoms with Crippen molar-refractivity contribution in [2.24, 2.45) is 5.92 Å². The minimum atomic E-state index is -0.0155. The normalized spacial score (nSPS) is 18.6. The molecule has 2 aromatic rings. The molecule has 2 nitrogen and oxygen atoms in total. The third-order valence-corrected chi connectivity index (χ3v) is 3.07. The van der Waals surface area contributed by atoms with Crippen LogP contribution < -0.4 is 4.74 Å². The Morgan fingerprint density at radius 1 is 1.19 bits per heavy atom. The molecule has 0 saturated heterocycles. The van der Waals surface area contributed by atoms with E-state index in [1.165, 1.54) is 16.3 Å². The Morgan fingerprint density at radius 2 is 2.06 bits per heavy atom. The lowest BCUT2D eigenvalue weighted by atomic mass is 9.93. The topological polar surface area (TPSA) is 33.0 Å². The highest BCUT2D eigenvalue weighted by Gasteiger charge is 2.20. The van der Waals surface area contributed by atoms with Crippen LogP contribution in [-0.4, -0.2) is 6.61 Å². The first-order chi connectivity index (χ1) is 7.88. The summed E-state index contributed by atoms with van der Waals surface area (Å²) in [7, 11) is 0. The van der Waals surface area contributed by atoms with Crippen molar-refractivity contribution in [3.8, 4) is 11.8 Å². The zero-order chi connectivity index (χ0) is 11.0. The van der Waals surface area contributed by atoms with Gasteiger partial charge in [0.05, 0.1) is 12.0 Å². The van der Waals surface area contributed by atoms with Crippen molar-refractivity contribution >= 4 is 10.8 Å². The van der Waals surface area contributed by atoms with Gasteiger partial charge >= 0.3 is 0 Å². The van der Waals surface area contributed by atoms with Gasteiger partial charge in [0.15, 0.2) is 0 Å². The summed E-state index contributed by atoms with van der Waals surface area (Å²) >= 11 is 0. The SMILES string of the molecule is N#CC1COc2ccc3ccccc3c2C1. The fourth-order valence-electron chi connectivity index (χ4n) is 2.24. The second kappa shape index (κ2) is 3.53. The average molecular weight is 209 g/mol. The van der Waals surface area contributed by atoms with Crippen LogP contribution in [0, 0.1) is 17.2 Å². The fourth-order valence-corrected chi connectivity index (χ4v) is 2.24. The van der Waals surface area contributed by atoms with Gasteiger partial charge < -0.3 is 4.74 Å². The molecular formula is C14H11NO. The van der Waals surface area contributed by atoms with Crippen molar-refractivity contribution in [1.82, 2.24) is 0 Å². The summed E-state index contributed by atoms with van der Waals surface area (Å²) in [5.74, 6) is 0.920. The highest BCUT2D eigenvalue weighted by Crippen LogP contribution is 2.33. The van der Waals surface area contributed by atoms with Crippen LogP contribution in [0.2, 0.25) is 0 Å². The van der Waals surface area contributed by atoms with Gasteiger partial charge in [0.1, 0.15) is 12.4 Å². The molecule has 2 aromatic carbocycles. The van der Waals surface area contributed by atoms with E-state index in [0.717, 1.165) is 12.2 Å². The zero-order valence-electron chi connectivity index (χ0n) is 8.81. The molecule has 0 radical (unpaired) electrons. The second-order valence-electron chi connectivity index (χ2n) is 4.10. The van der Waals surface area contributed by atoms with E-state index in [4.69, 9.17) is 10.00 Å². The van der Waals surface area contributed by atoms with Crippen molar-refractivity contribution in [2.45, 2.75) is 6.42 Å². The van der Waals surface area contributed by atoms with Crippen LogP contribution in [-0.2, 0) is 6.42 Å². The molecule has 3 rings (SSSR count). The summed E-state index contributed by atoms with van der Waals surface area (Å²) in [6.45, 7) is 0.516. The molecule has 1 aliphatic heterocycles. The first kappa shape index (κ1) is 9.23. The maximum Gasteiger partial charge on any atom is 0.123 e. The molecule has 1 heterocycles. The molecule has 1 unspecified atom stereocenters. The van der Waals surface area contributed by atoms with E-state index in [1.807, 2.05) is 18.2 Å².